The first-order valence-electron chi connectivity index (χ1n) is 7.44. The molecule has 0 fully saturated rings. The van der Waals surface area contributed by atoms with Gasteiger partial charge in [-0.05, 0) is 29.9 Å². The zero-order chi connectivity index (χ0) is 17.5. The van der Waals surface area contributed by atoms with Crippen LogP contribution in [0, 0.1) is 0 Å². The van der Waals surface area contributed by atoms with Crippen LogP contribution < -0.4 is 25.7 Å². The monoisotopic (exact) mass is 350 g/mol. The van der Waals surface area contributed by atoms with Crippen LogP contribution in [0.4, 0.5) is 11.8 Å². The summed E-state index contributed by atoms with van der Waals surface area (Å²) in [4.78, 5) is 7.95. The topological polar surface area (TPSA) is 106 Å². The summed E-state index contributed by atoms with van der Waals surface area (Å²) in [5.74, 6) is 3.02. The van der Waals surface area contributed by atoms with Gasteiger partial charge in [0.1, 0.15) is 5.82 Å². The van der Waals surface area contributed by atoms with Gasteiger partial charge in [0.15, 0.2) is 11.5 Å². The molecule has 7 nitrogen and oxygen atoms in total. The molecular weight excluding hydrogens is 328 g/mol. The lowest BCUT2D eigenvalue weighted by atomic mass is 10.1. The molecule has 2 rings (SSSR count). The van der Waals surface area contributed by atoms with Crippen LogP contribution in [0.5, 0.6) is 17.2 Å². The van der Waals surface area contributed by atoms with E-state index >= 15 is 0 Å². The summed E-state index contributed by atoms with van der Waals surface area (Å²) in [6, 6.07) is 3.77. The molecule has 2 aromatic rings. The maximum absolute atomic E-state index is 5.90. The summed E-state index contributed by atoms with van der Waals surface area (Å²) in [5, 5.41) is 0. The molecule has 0 spiro atoms. The van der Waals surface area contributed by atoms with E-state index in [0.29, 0.717) is 36.1 Å². The summed E-state index contributed by atoms with van der Waals surface area (Å²) in [6.07, 6.45) is 2.97. The van der Waals surface area contributed by atoms with Gasteiger partial charge < -0.3 is 25.7 Å². The third-order valence-corrected chi connectivity index (χ3v) is 3.70. The Balaban J connectivity index is 2.30. The second-order valence-electron chi connectivity index (χ2n) is 5.07. The minimum Gasteiger partial charge on any atom is -0.493 e. The standard InChI is InChI=1S/C16H22N4O3S/c1-21-12-7-10(6-11-9-19-16(18)20-15(11)17)8-13(22-2)14(12)23-4-3-5-24/h7-9,24H,3-6H2,1-2H3,(H4,17,18,19,20). The molecule has 0 saturated heterocycles. The molecule has 0 aliphatic heterocycles. The van der Waals surface area contributed by atoms with E-state index in [4.69, 9.17) is 25.7 Å². The SMILES string of the molecule is COc1cc(Cc2cnc(N)nc2N)cc(OC)c1OCCCS. The summed E-state index contributed by atoms with van der Waals surface area (Å²) in [7, 11) is 3.18. The average molecular weight is 350 g/mol. The van der Waals surface area contributed by atoms with Crippen LogP contribution in [0.2, 0.25) is 0 Å². The number of nitrogens with zero attached hydrogens (tertiary/aromatic N) is 2. The van der Waals surface area contributed by atoms with Crippen molar-refractivity contribution in [3.8, 4) is 17.2 Å². The zero-order valence-corrected chi connectivity index (χ0v) is 14.7. The number of thiol groups is 1. The first kappa shape index (κ1) is 18.0. The van der Waals surface area contributed by atoms with E-state index in [1.807, 2.05) is 12.1 Å². The normalized spacial score (nSPS) is 10.5. The number of ether oxygens (including phenoxy) is 3. The lowest BCUT2D eigenvalue weighted by Crippen LogP contribution is -2.05. The Labute approximate surface area is 146 Å². The molecule has 0 aliphatic rings. The maximum atomic E-state index is 5.90. The van der Waals surface area contributed by atoms with Crippen LogP contribution in [0.1, 0.15) is 17.5 Å². The highest BCUT2D eigenvalue weighted by Gasteiger charge is 2.15. The lowest BCUT2D eigenvalue weighted by Gasteiger charge is -2.16. The second kappa shape index (κ2) is 8.49. The number of nitrogen functional groups attached to an aromatic ring is 2. The number of benzene rings is 1. The van der Waals surface area contributed by atoms with Crippen LogP contribution >= 0.6 is 12.6 Å². The van der Waals surface area contributed by atoms with Gasteiger partial charge >= 0.3 is 0 Å². The number of anilines is 2. The predicted octanol–water partition coefficient (Wildman–Crippen LogP) is 1.95. The summed E-state index contributed by atoms with van der Waals surface area (Å²) < 4.78 is 16.6. The van der Waals surface area contributed by atoms with Gasteiger partial charge in [-0.2, -0.15) is 17.6 Å². The molecule has 0 atom stereocenters. The fraction of sp³-hybridized carbons (Fsp3) is 0.375. The van der Waals surface area contributed by atoms with E-state index in [1.165, 1.54) is 0 Å². The molecule has 130 valence electrons. The Morgan fingerprint density at radius 2 is 1.79 bits per heavy atom. The van der Waals surface area contributed by atoms with E-state index in [2.05, 4.69) is 22.6 Å². The van der Waals surface area contributed by atoms with Crippen molar-refractivity contribution in [2.45, 2.75) is 12.8 Å². The minimum absolute atomic E-state index is 0.152. The number of hydrogen-bond acceptors (Lipinski definition) is 8. The molecule has 0 bridgehead atoms. The van der Waals surface area contributed by atoms with Crippen molar-refractivity contribution in [1.29, 1.82) is 0 Å². The molecule has 1 aromatic carbocycles. The molecular formula is C16H22N4O3S. The number of rotatable bonds is 8. The molecule has 4 N–H and O–H groups in total. The fourth-order valence-electron chi connectivity index (χ4n) is 2.21. The molecule has 0 amide bonds. The largest absolute Gasteiger partial charge is 0.493 e. The summed E-state index contributed by atoms with van der Waals surface area (Å²) in [6.45, 7) is 0.536. The highest BCUT2D eigenvalue weighted by molar-refractivity contribution is 7.80. The summed E-state index contributed by atoms with van der Waals surface area (Å²) >= 11 is 4.18. The molecule has 24 heavy (non-hydrogen) atoms. The van der Waals surface area contributed by atoms with Crippen LogP contribution in [0.3, 0.4) is 0 Å². The predicted molar refractivity (Wildman–Crippen MR) is 97.2 cm³/mol. The van der Waals surface area contributed by atoms with Crippen LogP contribution in [-0.2, 0) is 6.42 Å². The highest BCUT2D eigenvalue weighted by atomic mass is 32.1. The third-order valence-electron chi connectivity index (χ3n) is 3.38. The smallest absolute Gasteiger partial charge is 0.221 e. The Morgan fingerprint density at radius 3 is 2.33 bits per heavy atom. The van der Waals surface area contributed by atoms with Gasteiger partial charge in [0.25, 0.3) is 0 Å². The Hall–Kier alpha value is -2.35. The molecule has 1 aromatic heterocycles. The first-order chi connectivity index (χ1) is 11.6. The van der Waals surface area contributed by atoms with E-state index in [-0.39, 0.29) is 5.95 Å². The molecule has 0 saturated carbocycles. The van der Waals surface area contributed by atoms with Gasteiger partial charge in [0.05, 0.1) is 20.8 Å². The van der Waals surface area contributed by atoms with Gasteiger partial charge in [-0.1, -0.05) is 0 Å². The third kappa shape index (κ3) is 4.35. The number of aromatic nitrogens is 2. The van der Waals surface area contributed by atoms with E-state index in [0.717, 1.165) is 23.3 Å². The molecule has 0 aliphatic carbocycles. The summed E-state index contributed by atoms with van der Waals surface area (Å²) in [5.41, 5.74) is 13.1. The van der Waals surface area contributed by atoms with Gasteiger partial charge in [0, 0.05) is 18.2 Å². The first-order valence-corrected chi connectivity index (χ1v) is 8.07. The minimum atomic E-state index is 0.152. The molecule has 0 radical (unpaired) electrons. The fourth-order valence-corrected chi connectivity index (χ4v) is 2.34. The maximum Gasteiger partial charge on any atom is 0.221 e. The van der Waals surface area contributed by atoms with Crippen LogP contribution in [0.15, 0.2) is 18.3 Å². The van der Waals surface area contributed by atoms with Gasteiger partial charge in [0.2, 0.25) is 11.7 Å². The van der Waals surface area contributed by atoms with Crippen LogP contribution in [0.25, 0.3) is 0 Å². The lowest BCUT2D eigenvalue weighted by molar-refractivity contribution is 0.275. The Kier molecular flexibility index (Phi) is 6.36. The van der Waals surface area contributed by atoms with Crippen molar-refractivity contribution in [1.82, 2.24) is 9.97 Å². The Bertz CT molecular complexity index is 672. The van der Waals surface area contributed by atoms with Crippen molar-refractivity contribution in [2.24, 2.45) is 0 Å². The quantitative estimate of drug-likeness (QED) is 0.493. The van der Waals surface area contributed by atoms with Crippen molar-refractivity contribution >= 4 is 24.4 Å². The van der Waals surface area contributed by atoms with Crippen molar-refractivity contribution in [3.05, 3.63) is 29.5 Å². The zero-order valence-electron chi connectivity index (χ0n) is 13.8. The van der Waals surface area contributed by atoms with E-state index in [9.17, 15) is 0 Å². The second-order valence-corrected chi connectivity index (χ2v) is 5.52. The van der Waals surface area contributed by atoms with Gasteiger partial charge in [-0.25, -0.2) is 4.98 Å². The van der Waals surface area contributed by atoms with Crippen molar-refractivity contribution in [3.63, 3.8) is 0 Å². The molecule has 0 unspecified atom stereocenters. The molecule has 1 heterocycles. The Morgan fingerprint density at radius 1 is 1.12 bits per heavy atom. The van der Waals surface area contributed by atoms with Crippen LogP contribution in [-0.4, -0.2) is 36.5 Å². The van der Waals surface area contributed by atoms with Gasteiger partial charge in [-0.3, -0.25) is 0 Å². The number of methoxy groups -OCH3 is 2. The molecule has 8 heteroatoms. The van der Waals surface area contributed by atoms with E-state index < -0.39 is 0 Å². The average Bonchev–Trinajstić information content (AvgIpc) is 2.58. The van der Waals surface area contributed by atoms with Crippen molar-refractivity contribution in [2.75, 3.05) is 38.0 Å². The van der Waals surface area contributed by atoms with Crippen molar-refractivity contribution < 1.29 is 14.2 Å². The van der Waals surface area contributed by atoms with Gasteiger partial charge in [-0.15, -0.1) is 0 Å². The number of nitrogens with two attached hydrogens (primary N) is 2. The number of hydrogen-bond donors (Lipinski definition) is 3. The van der Waals surface area contributed by atoms with E-state index in [1.54, 1.807) is 20.4 Å². The highest BCUT2D eigenvalue weighted by Crippen LogP contribution is 2.39.